The van der Waals surface area contributed by atoms with E-state index in [1.54, 1.807) is 0 Å². The Hall–Kier alpha value is -1.26. The van der Waals surface area contributed by atoms with E-state index in [1.807, 2.05) is 38.1 Å². The van der Waals surface area contributed by atoms with Gasteiger partial charge in [0.1, 0.15) is 12.4 Å². The number of hydrogen-bond donors (Lipinski definition) is 2. The summed E-state index contributed by atoms with van der Waals surface area (Å²) < 4.78 is 5.63. The zero-order valence-corrected chi connectivity index (χ0v) is 11.5. The highest BCUT2D eigenvalue weighted by atomic mass is 16.5. The Labute approximate surface area is 109 Å². The van der Waals surface area contributed by atoms with Gasteiger partial charge in [-0.3, -0.25) is 4.90 Å². The molecule has 0 aromatic heterocycles. The van der Waals surface area contributed by atoms with Crippen LogP contribution in [-0.2, 0) is 0 Å². The van der Waals surface area contributed by atoms with Crippen LogP contribution in [0.1, 0.15) is 20.8 Å². The number of rotatable bonds is 7. The fraction of sp³-hybridized carbons (Fsp3) is 0.571. The number of hydrogen-bond acceptors (Lipinski definition) is 4. The average molecular weight is 252 g/mol. The first-order valence-corrected chi connectivity index (χ1v) is 6.34. The van der Waals surface area contributed by atoms with Gasteiger partial charge in [0, 0.05) is 24.8 Å². The topological polar surface area (TPSA) is 58.7 Å². The number of nitrogens with two attached hydrogens (primary N) is 1. The number of ether oxygens (including phenoxy) is 1. The molecule has 0 fully saturated rings. The van der Waals surface area contributed by atoms with E-state index in [1.165, 1.54) is 0 Å². The maximum atomic E-state index is 9.77. The summed E-state index contributed by atoms with van der Waals surface area (Å²) in [7, 11) is 0. The van der Waals surface area contributed by atoms with E-state index >= 15 is 0 Å². The van der Waals surface area contributed by atoms with Crippen LogP contribution in [0.15, 0.2) is 24.3 Å². The molecule has 0 spiro atoms. The molecule has 102 valence electrons. The normalized spacial score (nSPS) is 11.8. The summed E-state index contributed by atoms with van der Waals surface area (Å²) in [5.74, 6) is 0.786. The van der Waals surface area contributed by atoms with Gasteiger partial charge in [0.25, 0.3) is 0 Å². The third kappa shape index (κ3) is 5.89. The van der Waals surface area contributed by atoms with Crippen molar-refractivity contribution >= 4 is 5.69 Å². The van der Waals surface area contributed by atoms with E-state index in [4.69, 9.17) is 10.5 Å². The molecular formula is C14H24N2O2. The zero-order valence-electron chi connectivity index (χ0n) is 11.5. The van der Waals surface area contributed by atoms with Crippen molar-refractivity contribution in [1.82, 2.24) is 4.90 Å². The van der Waals surface area contributed by atoms with Crippen molar-refractivity contribution in [2.24, 2.45) is 0 Å². The monoisotopic (exact) mass is 252 g/mol. The van der Waals surface area contributed by atoms with E-state index in [0.717, 1.165) is 18.8 Å². The molecule has 0 saturated heterocycles. The largest absolute Gasteiger partial charge is 0.492 e. The first kappa shape index (κ1) is 14.8. The Morgan fingerprint density at radius 1 is 1.39 bits per heavy atom. The van der Waals surface area contributed by atoms with Crippen molar-refractivity contribution < 1.29 is 9.84 Å². The van der Waals surface area contributed by atoms with Crippen LogP contribution in [0.5, 0.6) is 5.75 Å². The van der Waals surface area contributed by atoms with Crippen LogP contribution in [0.25, 0.3) is 0 Å². The highest BCUT2D eigenvalue weighted by Gasteiger charge is 2.16. The number of nitrogens with zero attached hydrogens (tertiary/aromatic N) is 1. The van der Waals surface area contributed by atoms with Crippen LogP contribution in [0, 0.1) is 0 Å². The molecule has 1 aromatic carbocycles. The number of nitrogen functional groups attached to an aromatic ring is 1. The molecule has 4 nitrogen and oxygen atoms in total. The molecule has 0 unspecified atom stereocenters. The van der Waals surface area contributed by atoms with Crippen molar-refractivity contribution in [3.8, 4) is 5.75 Å². The molecule has 0 amide bonds. The third-order valence-electron chi connectivity index (χ3n) is 2.59. The molecule has 0 atom stereocenters. The molecule has 3 N–H and O–H groups in total. The van der Waals surface area contributed by atoms with Gasteiger partial charge in [0.2, 0.25) is 0 Å². The summed E-state index contributed by atoms with van der Waals surface area (Å²) in [5, 5.41) is 9.77. The predicted molar refractivity (Wildman–Crippen MR) is 74.8 cm³/mol. The lowest BCUT2D eigenvalue weighted by molar-refractivity contribution is 0.0340. The average Bonchev–Trinajstić information content (AvgIpc) is 2.26. The molecular weight excluding hydrogens is 228 g/mol. The maximum absolute atomic E-state index is 9.77. The van der Waals surface area contributed by atoms with Gasteiger partial charge in [-0.05, 0) is 32.5 Å². The van der Waals surface area contributed by atoms with Crippen molar-refractivity contribution in [3.63, 3.8) is 0 Å². The van der Waals surface area contributed by atoms with E-state index in [-0.39, 0.29) is 0 Å². The summed E-state index contributed by atoms with van der Waals surface area (Å²) in [5.41, 5.74) is 5.71. The van der Waals surface area contributed by atoms with Gasteiger partial charge in [-0.2, -0.15) is 0 Å². The highest BCUT2D eigenvalue weighted by molar-refractivity contribution is 5.43. The van der Waals surface area contributed by atoms with E-state index in [2.05, 4.69) is 11.8 Å². The lowest BCUT2D eigenvalue weighted by Crippen LogP contribution is -2.40. The van der Waals surface area contributed by atoms with Crippen LogP contribution in [0.3, 0.4) is 0 Å². The van der Waals surface area contributed by atoms with Crippen molar-refractivity contribution in [3.05, 3.63) is 24.3 Å². The number of aliphatic hydroxyl groups is 1. The minimum Gasteiger partial charge on any atom is -0.492 e. The summed E-state index contributed by atoms with van der Waals surface area (Å²) >= 11 is 0. The Morgan fingerprint density at radius 2 is 2.11 bits per heavy atom. The second kappa shape index (κ2) is 6.61. The number of anilines is 1. The first-order chi connectivity index (χ1) is 8.40. The van der Waals surface area contributed by atoms with Gasteiger partial charge < -0.3 is 15.6 Å². The molecule has 0 heterocycles. The van der Waals surface area contributed by atoms with Crippen LogP contribution >= 0.6 is 0 Å². The van der Waals surface area contributed by atoms with E-state index in [9.17, 15) is 5.11 Å². The standard InChI is InChI=1S/C14H24N2O2/c1-4-16(11-14(2,3)17)8-9-18-13-7-5-6-12(15)10-13/h5-7,10,17H,4,8-9,11,15H2,1-3H3. The van der Waals surface area contributed by atoms with E-state index < -0.39 is 5.60 Å². The summed E-state index contributed by atoms with van der Waals surface area (Å²) in [6, 6.07) is 7.41. The van der Waals surface area contributed by atoms with Crippen LogP contribution < -0.4 is 10.5 Å². The second-order valence-corrected chi connectivity index (χ2v) is 5.10. The first-order valence-electron chi connectivity index (χ1n) is 6.34. The van der Waals surface area contributed by atoms with Crippen LogP contribution in [0.2, 0.25) is 0 Å². The summed E-state index contributed by atoms with van der Waals surface area (Å²) in [6.45, 7) is 8.62. The predicted octanol–water partition coefficient (Wildman–Crippen LogP) is 1.74. The van der Waals surface area contributed by atoms with Crippen molar-refractivity contribution in [1.29, 1.82) is 0 Å². The molecule has 18 heavy (non-hydrogen) atoms. The molecule has 4 heteroatoms. The van der Waals surface area contributed by atoms with Gasteiger partial charge in [0.05, 0.1) is 5.60 Å². The minimum atomic E-state index is -0.673. The smallest absolute Gasteiger partial charge is 0.121 e. The second-order valence-electron chi connectivity index (χ2n) is 5.10. The van der Waals surface area contributed by atoms with Gasteiger partial charge >= 0.3 is 0 Å². The SMILES string of the molecule is CCN(CCOc1cccc(N)c1)CC(C)(C)O. The zero-order chi connectivity index (χ0) is 13.6. The fourth-order valence-electron chi connectivity index (χ4n) is 1.79. The van der Waals surface area contributed by atoms with Gasteiger partial charge in [-0.15, -0.1) is 0 Å². The summed E-state index contributed by atoms with van der Waals surface area (Å²) in [4.78, 5) is 2.16. The number of likely N-dealkylation sites (N-methyl/N-ethyl adjacent to an activating group) is 1. The molecule has 0 saturated carbocycles. The highest BCUT2D eigenvalue weighted by Crippen LogP contribution is 2.14. The maximum Gasteiger partial charge on any atom is 0.121 e. The van der Waals surface area contributed by atoms with Gasteiger partial charge in [-0.25, -0.2) is 0 Å². The fourth-order valence-corrected chi connectivity index (χ4v) is 1.79. The van der Waals surface area contributed by atoms with Crippen LogP contribution in [-0.4, -0.2) is 41.8 Å². The van der Waals surface area contributed by atoms with Crippen molar-refractivity contribution in [2.45, 2.75) is 26.4 Å². The Bertz CT molecular complexity index is 361. The molecule has 0 radical (unpaired) electrons. The third-order valence-corrected chi connectivity index (χ3v) is 2.59. The van der Waals surface area contributed by atoms with E-state index in [0.29, 0.717) is 18.8 Å². The number of benzene rings is 1. The Kier molecular flexibility index (Phi) is 5.44. The Morgan fingerprint density at radius 3 is 2.67 bits per heavy atom. The minimum absolute atomic E-state index is 0.591. The molecule has 1 aromatic rings. The van der Waals surface area contributed by atoms with Gasteiger partial charge in [-0.1, -0.05) is 13.0 Å². The van der Waals surface area contributed by atoms with Gasteiger partial charge in [0.15, 0.2) is 0 Å². The quantitative estimate of drug-likeness (QED) is 0.726. The molecule has 1 rings (SSSR count). The lowest BCUT2D eigenvalue weighted by atomic mass is 10.1. The molecule has 0 bridgehead atoms. The van der Waals surface area contributed by atoms with Crippen LogP contribution in [0.4, 0.5) is 5.69 Å². The Balaban J connectivity index is 2.35. The molecule has 0 aliphatic heterocycles. The lowest BCUT2D eigenvalue weighted by Gasteiger charge is -2.27. The molecule has 0 aliphatic carbocycles. The molecule has 0 aliphatic rings. The van der Waals surface area contributed by atoms with Crippen molar-refractivity contribution in [2.75, 3.05) is 32.0 Å². The summed E-state index contributed by atoms with van der Waals surface area (Å²) in [6.07, 6.45) is 0.